The lowest BCUT2D eigenvalue weighted by molar-refractivity contribution is -0.296. The molecule has 2 saturated heterocycles. The van der Waals surface area contributed by atoms with Gasteiger partial charge in [0.25, 0.3) is 0 Å². The van der Waals surface area contributed by atoms with Gasteiger partial charge in [-0.25, -0.2) is 4.57 Å². The molecule has 2 aliphatic rings. The first-order valence-electron chi connectivity index (χ1n) is 35.3. The molecule has 0 bridgehead atoms. The molecule has 2 fully saturated rings. The van der Waals surface area contributed by atoms with Gasteiger partial charge in [-0.2, -0.15) is 0 Å². The quantitative estimate of drug-likeness (QED) is 0.0188. The molecule has 18 nitrogen and oxygen atoms in total. The lowest BCUT2D eigenvalue weighted by Crippen LogP contribution is -2.67. The summed E-state index contributed by atoms with van der Waals surface area (Å²) in [5.41, 5.74) is 0. The first-order chi connectivity index (χ1) is 42.1. The van der Waals surface area contributed by atoms with Crippen LogP contribution in [0.5, 0.6) is 0 Å². The van der Waals surface area contributed by atoms with Crippen LogP contribution in [0.1, 0.15) is 291 Å². The fraction of sp³-hybridized carbons (Fsp3) is 0.955. The summed E-state index contributed by atoms with van der Waals surface area (Å²) < 4.78 is 81.6. The number of unbranched alkanes of at least 4 members (excludes halogenated alkanes) is 33. The number of carbonyl (C=O) groups excluding carboxylic acids is 1. The van der Waals surface area contributed by atoms with Crippen LogP contribution in [0.4, 0.5) is 0 Å². The van der Waals surface area contributed by atoms with Crippen LogP contribution in [0.25, 0.3) is 0 Å². The van der Waals surface area contributed by atoms with Crippen molar-refractivity contribution in [2.24, 2.45) is 0 Å². The molecule has 1 amide bonds. The predicted molar refractivity (Wildman–Crippen MR) is 348 cm³/mol. The van der Waals surface area contributed by atoms with E-state index >= 15 is 0 Å². The molecule has 0 aromatic rings. The maximum absolute atomic E-state index is 14.1. The summed E-state index contributed by atoms with van der Waals surface area (Å²) in [6.07, 6.45) is 36.2. The topological polar surface area (TPSA) is 247 Å². The normalized spacial score (nSPS) is 23.3. The molecule has 0 aromatic carbocycles. The van der Waals surface area contributed by atoms with Gasteiger partial charge in [0.2, 0.25) is 5.91 Å². The third-order valence-electron chi connectivity index (χ3n) is 17.2. The van der Waals surface area contributed by atoms with E-state index in [1.165, 1.54) is 123 Å². The van der Waals surface area contributed by atoms with E-state index in [0.717, 1.165) is 122 Å². The van der Waals surface area contributed by atoms with E-state index in [9.17, 15) is 38.6 Å². The van der Waals surface area contributed by atoms with E-state index in [-0.39, 0.29) is 44.9 Å². The van der Waals surface area contributed by atoms with Crippen LogP contribution in [0, 0.1) is 0 Å². The highest BCUT2D eigenvalue weighted by Crippen LogP contribution is 2.43. The average molecular weight is 1280 g/mol. The van der Waals surface area contributed by atoms with Gasteiger partial charge in [0.1, 0.15) is 48.8 Å². The minimum atomic E-state index is -5.21. The summed E-state index contributed by atoms with van der Waals surface area (Å²) in [5.74, 6) is -0.358. The SMILES string of the molecule is CCCCCCCC/C=C/CCCCCCCC(=O)N[C@H]1[C@H](OC[C@H]2O[C@@H](CP(=O)(O)O)[C@H](OCCCCCCCCCCCC)[C@@H](OCCCCCCCCCCCC)[C@@H]2O)O[C@H](COC)[C@@H](OP(=O)(O)O)[C@@H]1OCC[C@@H](CCCCCCC)OC. The van der Waals surface area contributed by atoms with Crippen molar-refractivity contribution in [3.63, 3.8) is 0 Å². The number of methoxy groups -OCH3 is 2. The Bertz CT molecular complexity index is 1720. The first-order valence-corrected chi connectivity index (χ1v) is 38.6. The zero-order valence-electron chi connectivity index (χ0n) is 55.8. The Morgan fingerprint density at radius 2 is 0.931 bits per heavy atom. The number of phosphoric ester groups is 1. The number of nitrogens with one attached hydrogen (secondary N) is 1. The Labute approximate surface area is 529 Å². The number of allylic oxidation sites excluding steroid dienone is 2. The molecule has 0 spiro atoms. The minimum Gasteiger partial charge on any atom is -0.387 e. The number of carbonyl (C=O) groups is 1. The highest BCUT2D eigenvalue weighted by atomic mass is 31.2. The van der Waals surface area contributed by atoms with Crippen molar-refractivity contribution in [3.05, 3.63) is 12.2 Å². The van der Waals surface area contributed by atoms with Gasteiger partial charge in [-0.15, -0.1) is 0 Å². The van der Waals surface area contributed by atoms with Gasteiger partial charge >= 0.3 is 15.4 Å². The molecular weight excluding hydrogens is 1150 g/mol. The molecule has 0 aliphatic carbocycles. The van der Waals surface area contributed by atoms with Gasteiger partial charge < -0.3 is 67.9 Å². The molecule has 0 aromatic heterocycles. The first kappa shape index (κ1) is 82.2. The lowest BCUT2D eigenvalue weighted by atomic mass is 9.94. The molecule has 6 N–H and O–H groups in total. The third-order valence-corrected chi connectivity index (χ3v) is 18.5. The van der Waals surface area contributed by atoms with Gasteiger partial charge in [-0.3, -0.25) is 13.9 Å². The highest BCUT2D eigenvalue weighted by Gasteiger charge is 2.53. The van der Waals surface area contributed by atoms with Crippen LogP contribution in [-0.4, -0.2) is 151 Å². The second-order valence-corrected chi connectivity index (χ2v) is 28.0. The molecular formula is C67H131NO17P2. The van der Waals surface area contributed by atoms with Gasteiger partial charge in [-0.05, 0) is 57.8 Å². The number of aliphatic hydroxyl groups excluding tert-OH is 1. The number of aliphatic hydroxyl groups is 1. The Kier molecular flexibility index (Phi) is 50.5. The Balaban J connectivity index is 2.41. The van der Waals surface area contributed by atoms with Crippen LogP contribution in [-0.2, 0) is 56.3 Å². The molecule has 2 aliphatic heterocycles. The molecule has 2 rings (SSSR count). The van der Waals surface area contributed by atoms with E-state index in [0.29, 0.717) is 19.3 Å². The van der Waals surface area contributed by atoms with Crippen molar-refractivity contribution in [1.82, 2.24) is 5.32 Å². The monoisotopic (exact) mass is 1280 g/mol. The standard InChI is InChI=1S/C67H131NO17P2/c1-7-11-15-19-22-25-28-29-30-31-32-33-36-40-44-48-60(69)68-61-65(81-52-49-56(78-6)47-43-39-18-14-10-4)64(85-87(74,75)76)58(53-77-5)84-67(61)82-54-57-62(70)66(80-51-46-42-38-35-27-24-21-17-13-9-3)63(59(83-57)55-86(71,72)73)79-50-45-41-37-34-26-23-20-16-12-8-2/h29-30,56-59,61-67,70H,7-28,31-55H2,1-6H3,(H,68,69)(H2,71,72,73)(H2,74,75,76)/b30-29+/t56-,57-,58-,59+,61-,62-,63+,64-,65-,66+,67-/m1/s1. The van der Waals surface area contributed by atoms with Gasteiger partial charge in [0.15, 0.2) is 6.29 Å². The second-order valence-electron chi connectivity index (χ2n) is 25.1. The fourth-order valence-corrected chi connectivity index (χ4v) is 13.3. The second kappa shape index (κ2) is 53.5. The van der Waals surface area contributed by atoms with Crippen LogP contribution < -0.4 is 5.32 Å². The van der Waals surface area contributed by atoms with Gasteiger partial charge in [-0.1, -0.05) is 239 Å². The van der Waals surface area contributed by atoms with Crippen molar-refractivity contribution in [2.45, 2.75) is 358 Å². The Morgan fingerprint density at radius 3 is 1.40 bits per heavy atom. The molecule has 516 valence electrons. The van der Waals surface area contributed by atoms with Crippen molar-refractivity contribution >= 4 is 21.3 Å². The zero-order valence-corrected chi connectivity index (χ0v) is 57.6. The fourth-order valence-electron chi connectivity index (χ4n) is 12.0. The smallest absolute Gasteiger partial charge is 0.387 e. The van der Waals surface area contributed by atoms with E-state index in [1.807, 2.05) is 0 Å². The molecule has 0 saturated carbocycles. The van der Waals surface area contributed by atoms with E-state index in [2.05, 4.69) is 45.2 Å². The van der Waals surface area contributed by atoms with Crippen LogP contribution in [0.3, 0.4) is 0 Å². The van der Waals surface area contributed by atoms with Crippen LogP contribution >= 0.6 is 15.4 Å². The lowest BCUT2D eigenvalue weighted by Gasteiger charge is -2.47. The summed E-state index contributed by atoms with van der Waals surface area (Å²) in [6.45, 7) is 8.87. The van der Waals surface area contributed by atoms with Crippen LogP contribution in [0.2, 0.25) is 0 Å². The summed E-state index contributed by atoms with van der Waals surface area (Å²) >= 11 is 0. The molecule has 87 heavy (non-hydrogen) atoms. The van der Waals surface area contributed by atoms with E-state index < -0.39 is 89.4 Å². The average Bonchev–Trinajstić information content (AvgIpc) is 1.19. The summed E-state index contributed by atoms with van der Waals surface area (Å²) in [4.78, 5) is 55.8. The summed E-state index contributed by atoms with van der Waals surface area (Å²) in [6, 6.07) is -1.22. The number of rotatable bonds is 60. The zero-order chi connectivity index (χ0) is 63.6. The number of ether oxygens (including phenoxy) is 8. The third kappa shape index (κ3) is 41.4. The molecule has 0 radical (unpaired) electrons. The minimum absolute atomic E-state index is 0.0687. The van der Waals surface area contributed by atoms with Gasteiger partial charge in [0, 0.05) is 40.5 Å². The number of hydrogen-bond acceptors (Lipinski definition) is 13. The van der Waals surface area contributed by atoms with E-state index in [1.54, 1.807) is 7.11 Å². The maximum atomic E-state index is 14.1. The van der Waals surface area contributed by atoms with Crippen molar-refractivity contribution in [1.29, 1.82) is 0 Å². The Morgan fingerprint density at radius 1 is 0.483 bits per heavy atom. The number of phosphoric acid groups is 1. The van der Waals surface area contributed by atoms with Crippen LogP contribution in [0.15, 0.2) is 12.2 Å². The molecule has 2 heterocycles. The summed E-state index contributed by atoms with van der Waals surface area (Å²) in [5, 5.41) is 15.4. The van der Waals surface area contributed by atoms with E-state index in [4.69, 9.17) is 42.4 Å². The largest absolute Gasteiger partial charge is 0.470 e. The van der Waals surface area contributed by atoms with Crippen molar-refractivity contribution in [2.75, 3.05) is 53.4 Å². The molecule has 0 unspecified atom stereocenters. The van der Waals surface area contributed by atoms with Gasteiger partial charge in [0.05, 0.1) is 31.6 Å². The number of amides is 1. The van der Waals surface area contributed by atoms with Crippen molar-refractivity contribution < 1.29 is 81.0 Å². The predicted octanol–water partition coefficient (Wildman–Crippen LogP) is 15.4. The Hall–Kier alpha value is -0.890. The molecule has 20 heteroatoms. The highest BCUT2D eigenvalue weighted by molar-refractivity contribution is 7.51. The maximum Gasteiger partial charge on any atom is 0.470 e. The molecule has 11 atom stereocenters. The summed E-state index contributed by atoms with van der Waals surface area (Å²) in [7, 11) is -6.88. The number of hydrogen-bond donors (Lipinski definition) is 6. The van der Waals surface area contributed by atoms with Crippen molar-refractivity contribution in [3.8, 4) is 0 Å².